The molecule has 1 N–H and O–H groups in total. The first-order valence-electron chi connectivity index (χ1n) is 8.62. The van der Waals surface area contributed by atoms with E-state index < -0.39 is 0 Å². The van der Waals surface area contributed by atoms with Crippen molar-refractivity contribution in [1.29, 1.82) is 0 Å². The molecule has 0 aromatic heterocycles. The molecule has 0 bridgehead atoms. The molecule has 2 aliphatic rings. The zero-order chi connectivity index (χ0) is 18.4. The number of allylic oxidation sites excluding steroid dienone is 3. The predicted molar refractivity (Wildman–Crippen MR) is 96.8 cm³/mol. The Morgan fingerprint density at radius 1 is 1.24 bits per heavy atom. The Morgan fingerprint density at radius 2 is 1.96 bits per heavy atom. The van der Waals surface area contributed by atoms with Gasteiger partial charge >= 0.3 is 5.97 Å². The molecule has 0 saturated carbocycles. The first kappa shape index (κ1) is 17.5. The molecule has 0 unspecified atom stereocenters. The summed E-state index contributed by atoms with van der Waals surface area (Å²) in [5, 5.41) is 3.32. The van der Waals surface area contributed by atoms with E-state index in [4.69, 9.17) is 4.74 Å². The maximum atomic E-state index is 13.0. The smallest absolute Gasteiger partial charge is 0.336 e. The number of aryl methyl sites for hydroxylation is 1. The van der Waals surface area contributed by atoms with Crippen LogP contribution < -0.4 is 5.32 Å². The molecule has 4 heteroatoms. The molecule has 0 radical (unpaired) electrons. The van der Waals surface area contributed by atoms with E-state index in [0.717, 1.165) is 34.5 Å². The number of ether oxygens (including phenoxy) is 1. The van der Waals surface area contributed by atoms with Gasteiger partial charge in [0.1, 0.15) is 0 Å². The van der Waals surface area contributed by atoms with Gasteiger partial charge in [-0.3, -0.25) is 4.79 Å². The molecule has 0 fully saturated rings. The second-order valence-electron chi connectivity index (χ2n) is 7.84. The van der Waals surface area contributed by atoms with Crippen LogP contribution in [0.5, 0.6) is 0 Å². The second kappa shape index (κ2) is 6.17. The van der Waals surface area contributed by atoms with E-state index in [1.54, 1.807) is 0 Å². The minimum atomic E-state index is -0.388. The third kappa shape index (κ3) is 3.13. The van der Waals surface area contributed by atoms with E-state index in [-0.39, 0.29) is 23.1 Å². The van der Waals surface area contributed by atoms with Gasteiger partial charge in [-0.15, -0.1) is 0 Å². The molecule has 1 heterocycles. The highest BCUT2D eigenvalue weighted by molar-refractivity contribution is 6.04. The van der Waals surface area contributed by atoms with Crippen molar-refractivity contribution in [2.24, 2.45) is 5.41 Å². The van der Waals surface area contributed by atoms with E-state index in [1.807, 2.05) is 38.1 Å². The third-order valence-corrected chi connectivity index (χ3v) is 5.02. The predicted octanol–water partition coefficient (Wildman–Crippen LogP) is 3.77. The Kier molecular flexibility index (Phi) is 4.31. The van der Waals surface area contributed by atoms with Crippen LogP contribution >= 0.6 is 0 Å². The highest BCUT2D eigenvalue weighted by Gasteiger charge is 2.42. The van der Waals surface area contributed by atoms with Crippen LogP contribution in [0.25, 0.3) is 0 Å². The first-order valence-corrected chi connectivity index (χ1v) is 8.62. The Morgan fingerprint density at radius 3 is 2.60 bits per heavy atom. The standard InChI is InChI=1S/C21H25NO3/c1-12-7-6-8-14(9-12)18-17(20(24)25-5)13(2)22-15-10-21(3,4)11-16(23)19(15)18/h6-9,18,22H,10-11H2,1-5H3/t18-/m0/s1. The number of esters is 1. The van der Waals surface area contributed by atoms with Gasteiger partial charge in [0.05, 0.1) is 12.7 Å². The first-order chi connectivity index (χ1) is 11.7. The van der Waals surface area contributed by atoms with Crippen molar-refractivity contribution in [2.45, 2.75) is 46.5 Å². The van der Waals surface area contributed by atoms with Gasteiger partial charge < -0.3 is 10.1 Å². The lowest BCUT2D eigenvalue weighted by atomic mass is 9.68. The third-order valence-electron chi connectivity index (χ3n) is 5.02. The molecule has 1 aliphatic carbocycles. The van der Waals surface area contributed by atoms with Crippen molar-refractivity contribution >= 4 is 11.8 Å². The monoisotopic (exact) mass is 339 g/mol. The molecule has 3 rings (SSSR count). The number of hydrogen-bond donors (Lipinski definition) is 1. The topological polar surface area (TPSA) is 55.4 Å². The number of carbonyl (C=O) groups is 2. The molecular weight excluding hydrogens is 314 g/mol. The summed E-state index contributed by atoms with van der Waals surface area (Å²) in [6.45, 7) is 8.10. The van der Waals surface area contributed by atoms with E-state index in [0.29, 0.717) is 12.0 Å². The summed E-state index contributed by atoms with van der Waals surface area (Å²) in [5.41, 5.74) is 4.94. The maximum absolute atomic E-state index is 13.0. The number of carbonyl (C=O) groups excluding carboxylic acids is 2. The lowest BCUT2D eigenvalue weighted by molar-refractivity contribution is -0.136. The van der Waals surface area contributed by atoms with Crippen LogP contribution in [0, 0.1) is 12.3 Å². The van der Waals surface area contributed by atoms with Gasteiger partial charge in [-0.05, 0) is 31.2 Å². The molecule has 1 aromatic rings. The Hall–Kier alpha value is -2.36. The molecule has 4 nitrogen and oxygen atoms in total. The molecule has 0 spiro atoms. The van der Waals surface area contributed by atoms with Crippen LogP contribution in [0.15, 0.2) is 46.8 Å². The Labute approximate surface area is 149 Å². The Bertz CT molecular complexity index is 814. The molecule has 132 valence electrons. The van der Waals surface area contributed by atoms with Crippen molar-refractivity contribution < 1.29 is 14.3 Å². The number of Topliss-reactive ketones (excluding diaryl/α,β-unsaturated/α-hetero) is 1. The van der Waals surface area contributed by atoms with Crippen molar-refractivity contribution in [3.8, 4) is 0 Å². The minimum Gasteiger partial charge on any atom is -0.466 e. The lowest BCUT2D eigenvalue weighted by Gasteiger charge is -2.39. The molecule has 1 aromatic carbocycles. The van der Waals surface area contributed by atoms with Crippen molar-refractivity contribution in [2.75, 3.05) is 7.11 Å². The van der Waals surface area contributed by atoms with Crippen molar-refractivity contribution in [3.63, 3.8) is 0 Å². The number of ketones is 1. The van der Waals surface area contributed by atoms with Crippen LogP contribution in [-0.4, -0.2) is 18.9 Å². The van der Waals surface area contributed by atoms with E-state index in [1.165, 1.54) is 7.11 Å². The zero-order valence-corrected chi connectivity index (χ0v) is 15.5. The SMILES string of the molecule is COC(=O)C1=C(C)NC2=C(C(=O)CC(C)(C)C2)[C@H]1c1cccc(C)c1. The summed E-state index contributed by atoms with van der Waals surface area (Å²) >= 11 is 0. The molecule has 0 amide bonds. The number of dihydropyridines is 1. The van der Waals surface area contributed by atoms with E-state index >= 15 is 0 Å². The van der Waals surface area contributed by atoms with E-state index in [9.17, 15) is 9.59 Å². The largest absolute Gasteiger partial charge is 0.466 e. The second-order valence-corrected chi connectivity index (χ2v) is 7.84. The maximum Gasteiger partial charge on any atom is 0.336 e. The number of methoxy groups -OCH3 is 1. The fourth-order valence-corrected chi connectivity index (χ4v) is 4.00. The van der Waals surface area contributed by atoms with Gasteiger partial charge in [-0.1, -0.05) is 43.7 Å². The van der Waals surface area contributed by atoms with Crippen LogP contribution in [0.3, 0.4) is 0 Å². The van der Waals surface area contributed by atoms with Crippen LogP contribution in [0.4, 0.5) is 0 Å². The summed E-state index contributed by atoms with van der Waals surface area (Å²) in [5.74, 6) is -0.646. The van der Waals surface area contributed by atoms with Crippen LogP contribution in [-0.2, 0) is 14.3 Å². The number of benzene rings is 1. The van der Waals surface area contributed by atoms with Crippen molar-refractivity contribution in [3.05, 3.63) is 57.9 Å². The average molecular weight is 339 g/mol. The Balaban J connectivity index is 2.21. The summed E-state index contributed by atoms with van der Waals surface area (Å²) in [4.78, 5) is 25.5. The zero-order valence-electron chi connectivity index (χ0n) is 15.5. The fraction of sp³-hybridized carbons (Fsp3) is 0.429. The summed E-state index contributed by atoms with van der Waals surface area (Å²) in [6, 6.07) is 8.01. The van der Waals surface area contributed by atoms with Gasteiger partial charge in [-0.25, -0.2) is 4.79 Å². The summed E-state index contributed by atoms with van der Waals surface area (Å²) < 4.78 is 5.03. The molecule has 1 aliphatic heterocycles. The normalized spacial score (nSPS) is 22.4. The number of nitrogens with one attached hydrogen (secondary N) is 1. The van der Waals surface area contributed by atoms with Gasteiger partial charge in [0.15, 0.2) is 5.78 Å². The van der Waals surface area contributed by atoms with Crippen LogP contribution in [0.1, 0.15) is 50.7 Å². The summed E-state index contributed by atoms with van der Waals surface area (Å²) in [7, 11) is 1.38. The van der Waals surface area contributed by atoms with Gasteiger partial charge in [0.25, 0.3) is 0 Å². The van der Waals surface area contributed by atoms with Crippen LogP contribution in [0.2, 0.25) is 0 Å². The number of hydrogen-bond acceptors (Lipinski definition) is 4. The molecule has 25 heavy (non-hydrogen) atoms. The van der Waals surface area contributed by atoms with Crippen molar-refractivity contribution in [1.82, 2.24) is 5.32 Å². The molecular formula is C21H25NO3. The summed E-state index contributed by atoms with van der Waals surface area (Å²) in [6.07, 6.45) is 1.28. The molecule has 0 saturated heterocycles. The number of rotatable bonds is 2. The highest BCUT2D eigenvalue weighted by Crippen LogP contribution is 2.46. The lowest BCUT2D eigenvalue weighted by Crippen LogP contribution is -2.38. The van der Waals surface area contributed by atoms with E-state index in [2.05, 4.69) is 19.2 Å². The molecule has 1 atom stereocenters. The fourth-order valence-electron chi connectivity index (χ4n) is 4.00. The quantitative estimate of drug-likeness (QED) is 0.833. The minimum absolute atomic E-state index is 0.0802. The average Bonchev–Trinajstić information content (AvgIpc) is 2.51. The van der Waals surface area contributed by atoms with Gasteiger partial charge in [-0.2, -0.15) is 0 Å². The van der Waals surface area contributed by atoms with Gasteiger partial charge in [0, 0.05) is 29.3 Å². The van der Waals surface area contributed by atoms with Gasteiger partial charge in [0.2, 0.25) is 0 Å². The highest BCUT2D eigenvalue weighted by atomic mass is 16.5.